The molecule has 2 amide bonds. The summed E-state index contributed by atoms with van der Waals surface area (Å²) in [5, 5.41) is 43.6. The van der Waals surface area contributed by atoms with E-state index in [0.29, 0.717) is 42.4 Å². The first-order chi connectivity index (χ1) is 53.7. The smallest absolute Gasteiger partial charge is 0.408 e. The zero-order valence-electron chi connectivity index (χ0n) is 72.1. The standard InChI is InChI=1S/C48H73FN2O11Si.C39H53FN2O11/c1-17-34-58-38-35-28(8)32(23-48(55,45(35,14)15)29(9)40-46(16,41(38)59-34)21-20-33-47(40,24-56-33)60-30(10)52)57-42(53)39(62-63(25(2)3,26(4)5)27(6)7)37(36-31(49)19-18-22-50-36)51-43(54)61-44(11,12)13;1-11-25-50-30-26-19(2)23(49-33(45)29(44)28(27-22(40)13-12-16-41-27)42-34(46)53-35(5,6)7)17-39(47,36(26,8)9)20(3)31-37(10,32(30)51-25)15-14-24-38(31,18-48-24)52-21(4)43/h17-19,22,25-27,29,32-34,37-41,55H,1,20-21,23-24H2,2-16H3,(H,51,54);11-13,16,20,23-25,28-32,44,47H,1,14-15,17-18H2,2-10H3,(H,42,46)/t29-,32-,33+,34+,37-,38+,39+,40-,41+,46+,47-,48+;20-,23-,24+,25+,28-,29+,30+,31-,32+,37+,38-,39+/m00/s1. The number of rotatable bonds is 19. The van der Waals surface area contributed by atoms with Gasteiger partial charge in [-0.15, -0.1) is 0 Å². The predicted octanol–water partition coefficient (Wildman–Crippen LogP) is 13.4. The van der Waals surface area contributed by atoms with Crippen molar-refractivity contribution < 1.29 is 114 Å². The molecular weight excluding hydrogens is 1520 g/mol. The van der Waals surface area contributed by atoms with E-state index >= 15 is 13.6 Å². The first-order valence-corrected chi connectivity index (χ1v) is 43.2. The van der Waals surface area contributed by atoms with Crippen LogP contribution in [-0.4, -0.2) is 190 Å². The van der Waals surface area contributed by atoms with Crippen LogP contribution < -0.4 is 10.6 Å². The van der Waals surface area contributed by atoms with Crippen molar-refractivity contribution >= 4 is 44.4 Å². The van der Waals surface area contributed by atoms with Gasteiger partial charge in [0.1, 0.15) is 82.9 Å². The molecule has 29 heteroatoms. The van der Waals surface area contributed by atoms with Gasteiger partial charge in [0.2, 0.25) is 8.32 Å². The number of aliphatic hydroxyl groups is 3. The normalized spacial score (nSPS) is 36.3. The zero-order valence-corrected chi connectivity index (χ0v) is 73.1. The Hall–Kier alpha value is -6.64. The van der Waals surface area contributed by atoms with Gasteiger partial charge in [0.25, 0.3) is 0 Å². The predicted molar refractivity (Wildman–Crippen MR) is 422 cm³/mol. The maximum atomic E-state index is 16.1. The molecule has 10 aliphatic rings. The second kappa shape index (κ2) is 32.1. The van der Waals surface area contributed by atoms with Crippen molar-refractivity contribution in [2.24, 2.45) is 45.3 Å². The molecule has 4 saturated carbocycles. The topological polar surface area (TPSA) is 333 Å². The first-order valence-electron chi connectivity index (χ1n) is 41.1. The molecule has 0 aromatic carbocycles. The number of hydrogen-bond donors (Lipinski definition) is 5. The zero-order chi connectivity index (χ0) is 86.0. The Bertz CT molecular complexity index is 4160. The molecule has 4 bridgehead atoms. The number of carbonyl (C=O) groups excluding carboxylic acids is 6. The molecule has 2 aromatic rings. The minimum Gasteiger partial charge on any atom is -0.456 e. The highest BCUT2D eigenvalue weighted by atomic mass is 28.4. The number of carbonyl (C=O) groups is 6. The highest BCUT2D eigenvalue weighted by Crippen LogP contribution is 2.70. The summed E-state index contributed by atoms with van der Waals surface area (Å²) in [7, 11) is -3.02. The molecule has 4 saturated heterocycles. The van der Waals surface area contributed by atoms with Gasteiger partial charge < -0.3 is 87.2 Å². The maximum absolute atomic E-state index is 16.1. The van der Waals surface area contributed by atoms with E-state index in [1.54, 1.807) is 60.6 Å². The van der Waals surface area contributed by atoms with E-state index in [1.165, 1.54) is 44.4 Å². The van der Waals surface area contributed by atoms with Gasteiger partial charge >= 0.3 is 36.1 Å². The summed E-state index contributed by atoms with van der Waals surface area (Å²) < 4.78 is 114. The van der Waals surface area contributed by atoms with Crippen LogP contribution in [0.25, 0.3) is 0 Å². The van der Waals surface area contributed by atoms with Crippen molar-refractivity contribution in [1.82, 2.24) is 20.6 Å². The van der Waals surface area contributed by atoms with Crippen molar-refractivity contribution in [3.8, 4) is 0 Å². The minimum absolute atomic E-state index is 0.0287. The number of ether oxygens (including phenoxy) is 12. The highest BCUT2D eigenvalue weighted by Gasteiger charge is 2.78. The third-order valence-electron chi connectivity index (χ3n) is 28.1. The Morgan fingerprint density at radius 1 is 0.603 bits per heavy atom. The average molecular weight is 1650 g/mol. The molecule has 2 aromatic heterocycles. The van der Waals surface area contributed by atoms with E-state index in [2.05, 4.69) is 89.1 Å². The second-order valence-electron chi connectivity index (χ2n) is 38.6. The van der Waals surface area contributed by atoms with Crippen LogP contribution in [0, 0.1) is 57.0 Å². The molecule has 0 radical (unpaired) electrons. The summed E-state index contributed by atoms with van der Waals surface area (Å²) in [6, 6.07) is 1.89. The Morgan fingerprint density at radius 3 is 1.31 bits per heavy atom. The number of pyridine rings is 2. The number of aliphatic hydroxyl groups excluding tert-OH is 1. The first kappa shape index (κ1) is 90.1. The number of hydrogen-bond acceptors (Lipinski definition) is 24. The van der Waals surface area contributed by atoms with E-state index in [0.717, 1.165) is 11.6 Å². The lowest BCUT2D eigenvalue weighted by atomic mass is 9.43. The largest absolute Gasteiger partial charge is 0.456 e. The number of nitrogens with one attached hydrogen (secondary N) is 2. The van der Waals surface area contributed by atoms with E-state index < -0.39 is 214 Å². The molecule has 4 aliphatic heterocycles. The van der Waals surface area contributed by atoms with Crippen LogP contribution in [0.2, 0.25) is 16.6 Å². The van der Waals surface area contributed by atoms with Crippen LogP contribution in [0.5, 0.6) is 0 Å². The van der Waals surface area contributed by atoms with Crippen LogP contribution in [0.4, 0.5) is 18.4 Å². The number of nitrogens with zero attached hydrogens (tertiary/aromatic N) is 2. The Balaban J connectivity index is 0.000000231. The van der Waals surface area contributed by atoms with Gasteiger partial charge in [-0.1, -0.05) is 110 Å². The van der Waals surface area contributed by atoms with Crippen molar-refractivity contribution in [3.05, 3.63) is 107 Å². The molecule has 116 heavy (non-hydrogen) atoms. The van der Waals surface area contributed by atoms with Crippen LogP contribution >= 0.6 is 0 Å². The fourth-order valence-corrected chi connectivity index (χ4v) is 28.6. The van der Waals surface area contributed by atoms with Gasteiger partial charge in [0.05, 0.1) is 36.6 Å². The third-order valence-corrected chi connectivity index (χ3v) is 34.1. The monoisotopic (exact) mass is 1640 g/mol. The summed E-state index contributed by atoms with van der Waals surface area (Å²) in [5.41, 5.74) is -8.61. The molecule has 0 spiro atoms. The molecule has 6 heterocycles. The molecular formula is C87H126F2N4O22Si. The molecule has 12 rings (SSSR count). The summed E-state index contributed by atoms with van der Waals surface area (Å²) >= 11 is 0. The molecule has 5 N–H and O–H groups in total. The molecule has 24 atom stereocenters. The summed E-state index contributed by atoms with van der Waals surface area (Å²) in [4.78, 5) is 90.1. The van der Waals surface area contributed by atoms with Crippen molar-refractivity contribution in [2.45, 2.75) is 341 Å². The highest BCUT2D eigenvalue weighted by molar-refractivity contribution is 6.77. The van der Waals surface area contributed by atoms with Gasteiger partial charge in [-0.3, -0.25) is 19.6 Å². The lowest BCUT2D eigenvalue weighted by Crippen LogP contribution is -2.77. The minimum atomic E-state index is -3.02. The lowest BCUT2D eigenvalue weighted by Gasteiger charge is -2.68. The Kier molecular flexibility index (Phi) is 24.9. The van der Waals surface area contributed by atoms with E-state index in [-0.39, 0.29) is 60.6 Å². The van der Waals surface area contributed by atoms with Gasteiger partial charge in [-0.25, -0.2) is 28.0 Å². The average Bonchev–Trinajstić information content (AvgIpc) is 1.12. The Labute approximate surface area is 682 Å². The van der Waals surface area contributed by atoms with E-state index in [1.807, 2.05) is 48.5 Å². The summed E-state index contributed by atoms with van der Waals surface area (Å²) in [6.07, 6.45) is -4.62. The van der Waals surface area contributed by atoms with Gasteiger partial charge in [0, 0.05) is 72.6 Å². The maximum Gasteiger partial charge on any atom is 0.408 e. The van der Waals surface area contributed by atoms with Crippen LogP contribution in [0.3, 0.4) is 0 Å². The van der Waals surface area contributed by atoms with Gasteiger partial charge in [-0.2, -0.15) is 0 Å². The number of halogens is 2. The quantitative estimate of drug-likeness (QED) is 0.0377. The van der Waals surface area contributed by atoms with Crippen molar-refractivity contribution in [1.29, 1.82) is 0 Å². The van der Waals surface area contributed by atoms with Crippen LogP contribution in [0.1, 0.15) is 228 Å². The number of esters is 4. The van der Waals surface area contributed by atoms with E-state index in [9.17, 15) is 39.3 Å². The van der Waals surface area contributed by atoms with Gasteiger partial charge in [0.15, 0.2) is 36.0 Å². The molecule has 644 valence electrons. The third kappa shape index (κ3) is 15.2. The summed E-state index contributed by atoms with van der Waals surface area (Å²) in [5.74, 6) is -6.77. The number of aromatic nitrogens is 2. The number of alkyl carbamates (subject to hydrolysis) is 2. The van der Waals surface area contributed by atoms with E-state index in [4.69, 9.17) is 61.3 Å². The fraction of sp³-hybridized carbons (Fsp3) is 0.724. The van der Waals surface area contributed by atoms with Crippen molar-refractivity contribution in [2.75, 3.05) is 13.2 Å². The van der Waals surface area contributed by atoms with Crippen LogP contribution in [-0.2, 0) is 80.4 Å². The van der Waals surface area contributed by atoms with Crippen molar-refractivity contribution in [3.63, 3.8) is 0 Å². The Morgan fingerprint density at radius 2 is 0.974 bits per heavy atom. The number of fused-ring (bicyclic) bond motifs is 16. The van der Waals surface area contributed by atoms with Crippen LogP contribution in [0.15, 0.2) is 84.3 Å². The molecule has 0 unspecified atom stereocenters. The fourth-order valence-electron chi connectivity index (χ4n) is 23.2. The molecule has 8 fully saturated rings. The second-order valence-corrected chi connectivity index (χ2v) is 44.0. The van der Waals surface area contributed by atoms with Gasteiger partial charge in [-0.05, 0) is 168 Å². The number of amides is 2. The summed E-state index contributed by atoms with van der Waals surface area (Å²) in [6.45, 7) is 52.9. The molecule has 6 aliphatic carbocycles. The molecule has 26 nitrogen and oxygen atoms in total. The SMILES string of the molecule is C=C[C@@H]1O[C@@H]2C3=C(C)[C@@H](OC(=O)[C@H](O)[C@@H](NC(=O)OC(C)(C)C)c4ncccc4F)C[C@@](O)([C@@H](C)[C@H]4[C@@](C)(CC[C@H]5OC[C@]54OC(C)=O)[C@@H]2O1)C3(C)C.C=C[C@@H]1O[C@@H]2C3=C(C)[C@@H](OC(=O)[C@H](O[Si](C(C)C)(C(C)C)C(C)C)[C@@H](NC(=O)OC(C)(C)C)c4ncccc4F)C[C@@](O)([C@@H](C)[C@H]4[C@@](C)(CC[C@H]5OC[C@]54OC(C)=O)[C@@H]2O1)C3(C)C. The lowest BCUT2D eigenvalue weighted by molar-refractivity contribution is -0.337.